The summed E-state index contributed by atoms with van der Waals surface area (Å²) in [6.07, 6.45) is 13.0. The van der Waals surface area contributed by atoms with Crippen LogP contribution in [0.4, 0.5) is 0 Å². The van der Waals surface area contributed by atoms with Crippen molar-refractivity contribution in [3.8, 4) is 0 Å². The molecule has 1 nitrogen and oxygen atoms in total. The molecule has 0 heterocycles. The van der Waals surface area contributed by atoms with Crippen molar-refractivity contribution in [1.82, 2.24) is 0 Å². The third-order valence-electron chi connectivity index (χ3n) is 8.23. The van der Waals surface area contributed by atoms with Crippen molar-refractivity contribution in [2.24, 2.45) is 11.7 Å². The maximum atomic E-state index is 5.64. The van der Waals surface area contributed by atoms with Crippen LogP contribution in [0.5, 0.6) is 0 Å². The minimum Gasteiger partial charge on any atom is -0.330 e. The smallest absolute Gasteiger partial charge is 0.0127 e. The van der Waals surface area contributed by atoms with Crippen molar-refractivity contribution >= 4 is 0 Å². The van der Waals surface area contributed by atoms with E-state index in [1.165, 1.54) is 86.5 Å². The summed E-state index contributed by atoms with van der Waals surface area (Å²) in [7, 11) is 0. The molecule has 0 bridgehead atoms. The van der Waals surface area contributed by atoms with E-state index in [-0.39, 0.29) is 0 Å². The monoisotopic (exact) mass is 517 g/mol. The second-order valence-electron chi connectivity index (χ2n) is 11.0. The molecule has 2 N–H and O–H groups in total. The van der Waals surface area contributed by atoms with Crippen LogP contribution in [-0.2, 0) is 0 Å². The molecule has 0 atom stereocenters. The van der Waals surface area contributed by atoms with Gasteiger partial charge in [0.2, 0.25) is 0 Å². The first-order valence-corrected chi connectivity index (χ1v) is 15.3. The van der Waals surface area contributed by atoms with Crippen LogP contribution >= 0.6 is 0 Å². The van der Waals surface area contributed by atoms with Gasteiger partial charge in [-0.1, -0.05) is 173 Å². The van der Waals surface area contributed by atoms with Crippen molar-refractivity contribution in [1.29, 1.82) is 0 Å². The molecule has 4 rings (SSSR count). The maximum absolute atomic E-state index is 5.64. The van der Waals surface area contributed by atoms with Gasteiger partial charge < -0.3 is 5.73 Å². The Morgan fingerprint density at radius 1 is 0.359 bits per heavy atom. The summed E-state index contributed by atoms with van der Waals surface area (Å²) in [5.74, 6) is 1.12. The molecule has 4 aromatic carbocycles. The molecule has 4 aromatic rings. The van der Waals surface area contributed by atoms with E-state index in [9.17, 15) is 0 Å². The highest BCUT2D eigenvalue weighted by Crippen LogP contribution is 2.46. The largest absolute Gasteiger partial charge is 0.330 e. The Bertz CT molecular complexity index is 979. The van der Waals surface area contributed by atoms with Gasteiger partial charge in [0.15, 0.2) is 0 Å². The van der Waals surface area contributed by atoms with Gasteiger partial charge in [-0.25, -0.2) is 0 Å². The fourth-order valence-electron chi connectivity index (χ4n) is 6.30. The minimum absolute atomic E-state index is 0.334. The second-order valence-corrected chi connectivity index (χ2v) is 11.0. The lowest BCUT2D eigenvalue weighted by Gasteiger charge is -2.36. The van der Waals surface area contributed by atoms with Crippen LogP contribution in [0.25, 0.3) is 0 Å². The van der Waals surface area contributed by atoms with E-state index >= 15 is 0 Å². The molecular weight excluding hydrogens is 470 g/mol. The maximum Gasteiger partial charge on any atom is 0.0127 e. The van der Waals surface area contributed by atoms with Gasteiger partial charge in [-0.2, -0.15) is 0 Å². The van der Waals surface area contributed by atoms with Crippen molar-refractivity contribution in [3.63, 3.8) is 0 Å². The van der Waals surface area contributed by atoms with Gasteiger partial charge in [0.25, 0.3) is 0 Å². The predicted octanol–water partition coefficient (Wildman–Crippen LogP) is 10.1. The first-order valence-electron chi connectivity index (χ1n) is 15.3. The average molecular weight is 518 g/mol. The third-order valence-corrected chi connectivity index (χ3v) is 8.23. The Morgan fingerprint density at radius 3 is 0.949 bits per heavy atom. The normalized spacial score (nSPS) is 11.5. The van der Waals surface area contributed by atoms with E-state index in [0.717, 1.165) is 6.54 Å². The zero-order chi connectivity index (χ0) is 27.0. The van der Waals surface area contributed by atoms with Crippen LogP contribution in [0.15, 0.2) is 121 Å². The zero-order valence-corrected chi connectivity index (χ0v) is 23.6. The fourth-order valence-corrected chi connectivity index (χ4v) is 6.30. The number of unbranched alkanes of at least 4 members (excludes halogenated alkanes) is 8. The Balaban J connectivity index is 1.59. The van der Waals surface area contributed by atoms with Crippen LogP contribution in [0, 0.1) is 5.92 Å². The Labute approximate surface area is 237 Å². The number of benzene rings is 4. The molecule has 0 aliphatic rings. The lowest BCUT2D eigenvalue weighted by atomic mass is 9.68. The van der Waals surface area contributed by atoms with Crippen LogP contribution in [0.3, 0.4) is 0 Å². The number of rotatable bonds is 17. The molecule has 1 heteroatoms. The molecule has 39 heavy (non-hydrogen) atoms. The van der Waals surface area contributed by atoms with Gasteiger partial charge in [-0.05, 0) is 47.6 Å². The summed E-state index contributed by atoms with van der Waals surface area (Å²) in [5.41, 5.74) is 11.3. The highest BCUT2D eigenvalue weighted by Gasteiger charge is 2.33. The molecule has 0 spiro atoms. The molecule has 0 aromatic heterocycles. The Hall–Kier alpha value is -3.16. The van der Waals surface area contributed by atoms with Crippen LogP contribution < -0.4 is 5.73 Å². The second kappa shape index (κ2) is 16.7. The van der Waals surface area contributed by atoms with Crippen LogP contribution in [0.1, 0.15) is 98.3 Å². The standard InChI is InChI=1S/C38H47N/c39-31-21-7-5-3-1-2-4-6-20-30-36(37(32-22-12-8-13-23-32)33-24-14-9-15-25-33)38(34-26-16-10-17-27-34)35-28-18-11-19-29-35/h8-19,22-29,36-38H,1-7,20-21,30-31,39H2. The molecule has 0 amide bonds. The molecule has 0 saturated carbocycles. The summed E-state index contributed by atoms with van der Waals surface area (Å²) in [6, 6.07) is 44.9. The minimum atomic E-state index is 0.334. The molecule has 0 radical (unpaired) electrons. The first-order chi connectivity index (χ1) is 19.4. The SMILES string of the molecule is NCCCCCCCCCCCC(C(c1ccccc1)c1ccccc1)C(c1ccccc1)c1ccccc1. The van der Waals surface area contributed by atoms with Gasteiger partial charge in [0.05, 0.1) is 0 Å². The lowest BCUT2D eigenvalue weighted by molar-refractivity contribution is 0.370. The molecule has 204 valence electrons. The Kier molecular flexibility index (Phi) is 12.4. The Morgan fingerprint density at radius 2 is 0.641 bits per heavy atom. The van der Waals surface area contributed by atoms with E-state index in [1.54, 1.807) is 0 Å². The van der Waals surface area contributed by atoms with Crippen molar-refractivity contribution in [2.45, 2.75) is 76.0 Å². The van der Waals surface area contributed by atoms with Gasteiger partial charge in [0, 0.05) is 11.8 Å². The van der Waals surface area contributed by atoms with E-state index in [1.807, 2.05) is 0 Å². The summed E-state index contributed by atoms with van der Waals surface area (Å²) < 4.78 is 0. The van der Waals surface area contributed by atoms with Gasteiger partial charge in [0.1, 0.15) is 0 Å². The van der Waals surface area contributed by atoms with Crippen molar-refractivity contribution in [2.75, 3.05) is 6.54 Å². The fraction of sp³-hybridized carbons (Fsp3) is 0.368. The van der Waals surface area contributed by atoms with Crippen LogP contribution in [-0.4, -0.2) is 6.54 Å². The number of hydrogen-bond acceptors (Lipinski definition) is 1. The lowest BCUT2D eigenvalue weighted by Crippen LogP contribution is -2.23. The first kappa shape index (κ1) is 28.8. The van der Waals surface area contributed by atoms with Crippen molar-refractivity contribution in [3.05, 3.63) is 144 Å². The van der Waals surface area contributed by atoms with Gasteiger partial charge >= 0.3 is 0 Å². The van der Waals surface area contributed by atoms with Gasteiger partial charge in [-0.3, -0.25) is 0 Å². The predicted molar refractivity (Wildman–Crippen MR) is 168 cm³/mol. The van der Waals surface area contributed by atoms with E-state index in [4.69, 9.17) is 5.73 Å². The van der Waals surface area contributed by atoms with E-state index < -0.39 is 0 Å². The van der Waals surface area contributed by atoms with E-state index in [2.05, 4.69) is 121 Å². The topological polar surface area (TPSA) is 26.0 Å². The quantitative estimate of drug-likeness (QED) is 0.139. The molecule has 0 fully saturated rings. The van der Waals surface area contributed by atoms with Gasteiger partial charge in [-0.15, -0.1) is 0 Å². The molecule has 0 unspecified atom stereocenters. The summed E-state index contributed by atoms with van der Waals surface area (Å²) >= 11 is 0. The third kappa shape index (κ3) is 8.94. The van der Waals surface area contributed by atoms with Crippen LogP contribution in [0.2, 0.25) is 0 Å². The highest BCUT2D eigenvalue weighted by molar-refractivity contribution is 5.39. The molecular formula is C38H47N. The highest BCUT2D eigenvalue weighted by atomic mass is 14.5. The summed E-state index contributed by atoms with van der Waals surface area (Å²) in [6.45, 7) is 0.834. The van der Waals surface area contributed by atoms with E-state index in [0.29, 0.717) is 17.8 Å². The number of nitrogens with two attached hydrogens (primary N) is 1. The summed E-state index contributed by atoms with van der Waals surface area (Å²) in [4.78, 5) is 0. The molecule has 0 aliphatic carbocycles. The average Bonchev–Trinajstić information content (AvgIpc) is 3.00. The molecule has 0 aliphatic heterocycles. The van der Waals surface area contributed by atoms with Crippen molar-refractivity contribution < 1.29 is 0 Å². The number of hydrogen-bond donors (Lipinski definition) is 1. The summed E-state index contributed by atoms with van der Waals surface area (Å²) in [5, 5.41) is 0. The molecule has 0 saturated heterocycles. The zero-order valence-electron chi connectivity index (χ0n) is 23.6.